The van der Waals surface area contributed by atoms with Gasteiger partial charge in [0.1, 0.15) is 5.76 Å². The number of aryl methyl sites for hydroxylation is 1. The lowest BCUT2D eigenvalue weighted by atomic mass is 10.1. The number of thiophene rings is 1. The summed E-state index contributed by atoms with van der Waals surface area (Å²) < 4.78 is 5.17. The maximum absolute atomic E-state index is 12.7. The molecule has 2 amide bonds. The number of hydrogen-bond donors (Lipinski definition) is 1. The number of amides is 2. The molecule has 1 fully saturated rings. The predicted octanol–water partition coefficient (Wildman–Crippen LogP) is 3.48. The molecule has 0 aliphatic carbocycles. The molecule has 0 unspecified atom stereocenters. The summed E-state index contributed by atoms with van der Waals surface area (Å²) in [6.07, 6.45) is 2.11. The van der Waals surface area contributed by atoms with Crippen LogP contribution in [0.1, 0.15) is 65.7 Å². The first-order chi connectivity index (χ1) is 12.2. The smallest absolute Gasteiger partial charge is 0.261 e. The summed E-state index contributed by atoms with van der Waals surface area (Å²) in [6.45, 7) is 8.45. The van der Waals surface area contributed by atoms with Crippen LogP contribution in [0.15, 0.2) is 22.7 Å². The van der Waals surface area contributed by atoms with Crippen LogP contribution in [-0.2, 0) is 11.2 Å². The first-order valence-electron chi connectivity index (χ1n) is 8.87. The van der Waals surface area contributed by atoms with Gasteiger partial charge < -0.3 is 14.7 Å². The van der Waals surface area contributed by atoms with E-state index < -0.39 is 0 Å². The van der Waals surface area contributed by atoms with Gasteiger partial charge in [0.05, 0.1) is 23.0 Å². The van der Waals surface area contributed by atoms with Gasteiger partial charge in [-0.05, 0) is 52.7 Å². The molecule has 1 aliphatic heterocycles. The zero-order valence-corrected chi connectivity index (χ0v) is 16.5. The Morgan fingerprint density at radius 3 is 2.81 bits per heavy atom. The lowest BCUT2D eigenvalue weighted by Crippen LogP contribution is -2.40. The van der Waals surface area contributed by atoms with E-state index >= 15 is 0 Å². The van der Waals surface area contributed by atoms with E-state index in [2.05, 4.69) is 10.5 Å². The number of aromatic nitrogens is 1. The van der Waals surface area contributed by atoms with Crippen LogP contribution in [0.5, 0.6) is 0 Å². The van der Waals surface area contributed by atoms with Crippen LogP contribution >= 0.6 is 11.3 Å². The van der Waals surface area contributed by atoms with Crippen LogP contribution in [0, 0.1) is 6.92 Å². The second-order valence-corrected chi connectivity index (χ2v) is 8.88. The highest BCUT2D eigenvalue weighted by Crippen LogP contribution is 2.36. The van der Waals surface area contributed by atoms with Crippen molar-refractivity contribution in [3.05, 3.63) is 39.4 Å². The Labute approximate surface area is 157 Å². The van der Waals surface area contributed by atoms with Gasteiger partial charge in [-0.25, -0.2) is 0 Å². The Hall–Kier alpha value is -2.15. The van der Waals surface area contributed by atoms with Crippen molar-refractivity contribution in [2.75, 3.05) is 6.54 Å². The third kappa shape index (κ3) is 4.33. The quantitative estimate of drug-likeness (QED) is 0.888. The fraction of sp³-hybridized carbons (Fsp3) is 0.526. The van der Waals surface area contributed by atoms with Gasteiger partial charge >= 0.3 is 0 Å². The van der Waals surface area contributed by atoms with Crippen molar-refractivity contribution >= 4 is 23.2 Å². The van der Waals surface area contributed by atoms with Gasteiger partial charge in [0, 0.05) is 23.0 Å². The van der Waals surface area contributed by atoms with Gasteiger partial charge in [-0.2, -0.15) is 0 Å². The zero-order chi connectivity index (χ0) is 18.9. The third-order valence-electron chi connectivity index (χ3n) is 4.24. The van der Waals surface area contributed by atoms with Crippen LogP contribution in [0.3, 0.4) is 0 Å². The maximum Gasteiger partial charge on any atom is 0.261 e. The molecule has 0 spiro atoms. The molecule has 2 aromatic rings. The topological polar surface area (TPSA) is 75.4 Å². The van der Waals surface area contributed by atoms with E-state index in [-0.39, 0.29) is 29.8 Å². The molecule has 1 aliphatic rings. The first-order valence-corrected chi connectivity index (χ1v) is 9.68. The molecular formula is C19H25N3O3S. The van der Waals surface area contributed by atoms with Crippen molar-refractivity contribution in [3.63, 3.8) is 0 Å². The first kappa shape index (κ1) is 18.6. The Bertz CT molecular complexity index is 803. The number of carbonyl (C=O) groups is 2. The van der Waals surface area contributed by atoms with Crippen molar-refractivity contribution in [3.8, 4) is 0 Å². The van der Waals surface area contributed by atoms with Crippen molar-refractivity contribution in [2.45, 2.75) is 58.5 Å². The van der Waals surface area contributed by atoms with E-state index in [9.17, 15) is 9.59 Å². The molecule has 0 bridgehead atoms. The van der Waals surface area contributed by atoms with Crippen molar-refractivity contribution in [1.82, 2.24) is 15.4 Å². The Balaban J connectivity index is 1.70. The molecule has 3 heterocycles. The molecule has 0 aromatic carbocycles. The third-order valence-corrected chi connectivity index (χ3v) is 5.43. The van der Waals surface area contributed by atoms with Crippen molar-refractivity contribution in [2.24, 2.45) is 0 Å². The molecule has 1 atom stereocenters. The molecule has 26 heavy (non-hydrogen) atoms. The van der Waals surface area contributed by atoms with Gasteiger partial charge in [-0.3, -0.25) is 9.59 Å². The molecule has 1 N–H and O–H groups in total. The number of nitrogens with zero attached hydrogens (tertiary/aromatic N) is 2. The highest BCUT2D eigenvalue weighted by Gasteiger charge is 2.32. The second-order valence-electron chi connectivity index (χ2n) is 7.76. The number of carbonyl (C=O) groups excluding carboxylic acids is 2. The summed E-state index contributed by atoms with van der Waals surface area (Å²) >= 11 is 1.47. The van der Waals surface area contributed by atoms with Gasteiger partial charge in [0.25, 0.3) is 5.91 Å². The van der Waals surface area contributed by atoms with Gasteiger partial charge in [0.2, 0.25) is 5.91 Å². The monoisotopic (exact) mass is 375 g/mol. The summed E-state index contributed by atoms with van der Waals surface area (Å²) in [4.78, 5) is 28.7. The van der Waals surface area contributed by atoms with Crippen LogP contribution < -0.4 is 5.32 Å². The van der Waals surface area contributed by atoms with Crippen LogP contribution in [0.2, 0.25) is 0 Å². The normalized spacial score (nSPS) is 17.5. The molecule has 6 nitrogen and oxygen atoms in total. The number of likely N-dealkylation sites (tertiary alicyclic amines) is 1. The average molecular weight is 375 g/mol. The second kappa shape index (κ2) is 7.23. The molecule has 3 rings (SSSR count). The molecule has 7 heteroatoms. The highest BCUT2D eigenvalue weighted by molar-refractivity contribution is 7.14. The zero-order valence-electron chi connectivity index (χ0n) is 15.7. The lowest BCUT2D eigenvalue weighted by molar-refractivity contribution is -0.131. The van der Waals surface area contributed by atoms with Crippen molar-refractivity contribution < 1.29 is 14.1 Å². The fourth-order valence-electron chi connectivity index (χ4n) is 3.17. The van der Waals surface area contributed by atoms with Gasteiger partial charge in [-0.1, -0.05) is 5.16 Å². The summed E-state index contributed by atoms with van der Waals surface area (Å²) in [5.74, 6) is 0.564. The maximum atomic E-state index is 12.7. The number of nitrogens with one attached hydrogen (secondary N) is 1. The molecule has 0 radical (unpaired) electrons. The van der Waals surface area contributed by atoms with E-state index in [0.717, 1.165) is 30.0 Å². The summed E-state index contributed by atoms with van der Waals surface area (Å²) in [5.41, 5.74) is 0.504. The molecule has 1 saturated heterocycles. The average Bonchev–Trinajstić information content (AvgIpc) is 3.24. The van der Waals surface area contributed by atoms with Crippen molar-refractivity contribution in [1.29, 1.82) is 0 Å². The Morgan fingerprint density at radius 2 is 2.15 bits per heavy atom. The van der Waals surface area contributed by atoms with E-state index in [4.69, 9.17) is 4.52 Å². The molecular weight excluding hydrogens is 350 g/mol. The van der Waals surface area contributed by atoms with E-state index in [1.54, 1.807) is 6.07 Å². The van der Waals surface area contributed by atoms with E-state index in [1.165, 1.54) is 11.3 Å². The Morgan fingerprint density at radius 1 is 1.38 bits per heavy atom. The fourth-order valence-corrected chi connectivity index (χ4v) is 4.22. The minimum atomic E-state index is -0.272. The largest absolute Gasteiger partial charge is 0.361 e. The number of rotatable bonds is 4. The summed E-state index contributed by atoms with van der Waals surface area (Å²) in [6, 6.07) is 5.65. The SMILES string of the molecule is Cc1cc(CC(=O)N2CCC[C@@H]2c2ccc(C(=O)NC(C)(C)C)s2)on1. The predicted molar refractivity (Wildman–Crippen MR) is 100 cm³/mol. The highest BCUT2D eigenvalue weighted by atomic mass is 32.1. The molecule has 2 aromatic heterocycles. The van der Waals surface area contributed by atoms with Gasteiger partial charge in [0.15, 0.2) is 0 Å². The number of hydrogen-bond acceptors (Lipinski definition) is 5. The molecule has 140 valence electrons. The van der Waals surface area contributed by atoms with E-state index in [0.29, 0.717) is 10.6 Å². The van der Waals surface area contributed by atoms with Crippen LogP contribution in [0.4, 0.5) is 0 Å². The summed E-state index contributed by atoms with van der Waals surface area (Å²) in [5, 5.41) is 6.82. The van der Waals surface area contributed by atoms with E-state index in [1.807, 2.05) is 44.7 Å². The minimum absolute atomic E-state index is 0.0349. The standard InChI is InChI=1S/C19H25N3O3S/c1-12-10-13(25-21-12)11-17(23)22-9-5-6-14(22)15-7-8-16(26-15)18(24)20-19(2,3)4/h7-8,10,14H,5-6,9,11H2,1-4H3,(H,20,24)/t14-/m1/s1. The Kier molecular flexibility index (Phi) is 5.18. The molecule has 0 saturated carbocycles. The lowest BCUT2D eigenvalue weighted by Gasteiger charge is -2.23. The van der Waals surface area contributed by atoms with Gasteiger partial charge in [-0.15, -0.1) is 11.3 Å². The van der Waals surface area contributed by atoms with Crippen LogP contribution in [-0.4, -0.2) is 34.0 Å². The summed E-state index contributed by atoms with van der Waals surface area (Å²) in [7, 11) is 0. The van der Waals surface area contributed by atoms with Crippen LogP contribution in [0.25, 0.3) is 0 Å². The minimum Gasteiger partial charge on any atom is -0.361 e.